The molecule has 0 amide bonds. The molecule has 2 aliphatic heterocycles. The Morgan fingerprint density at radius 1 is 1.33 bits per heavy atom. The average molecular weight is 333 g/mol. The molecule has 0 radical (unpaired) electrons. The first kappa shape index (κ1) is 15.3. The summed E-state index contributed by atoms with van der Waals surface area (Å²) in [7, 11) is -3.57. The number of aryl methyl sites for hydroxylation is 1. The van der Waals surface area contributed by atoms with Crippen LogP contribution in [0.4, 0.5) is 0 Å². The van der Waals surface area contributed by atoms with E-state index in [9.17, 15) is 8.42 Å². The van der Waals surface area contributed by atoms with Crippen LogP contribution in [0.1, 0.15) is 30.5 Å². The molecule has 8 heteroatoms. The molecule has 3 heterocycles. The summed E-state index contributed by atoms with van der Waals surface area (Å²) in [6.45, 7) is 5.00. The lowest BCUT2D eigenvalue weighted by Crippen LogP contribution is -2.40. The third-order valence-corrected chi connectivity index (χ3v) is 6.63. The number of halogens is 1. The van der Waals surface area contributed by atoms with E-state index in [0.29, 0.717) is 24.7 Å². The van der Waals surface area contributed by atoms with E-state index in [4.69, 9.17) is 11.6 Å². The monoisotopic (exact) mass is 332 g/mol. The number of hydrogen-bond acceptors (Lipinski definition) is 4. The van der Waals surface area contributed by atoms with Gasteiger partial charge in [-0.2, -0.15) is 9.40 Å². The first-order valence-corrected chi connectivity index (χ1v) is 9.35. The number of sulfonamides is 1. The summed E-state index contributed by atoms with van der Waals surface area (Å²) in [6.07, 6.45) is 3.11. The van der Waals surface area contributed by atoms with E-state index in [1.54, 1.807) is 11.2 Å². The third-order valence-electron chi connectivity index (χ3n) is 4.52. The molecule has 1 unspecified atom stereocenters. The van der Waals surface area contributed by atoms with E-state index >= 15 is 0 Å². The van der Waals surface area contributed by atoms with Crippen molar-refractivity contribution in [2.75, 3.05) is 26.2 Å². The summed E-state index contributed by atoms with van der Waals surface area (Å²) in [5, 5.41) is 6.84. The fourth-order valence-corrected chi connectivity index (χ4v) is 5.40. The number of nitrogens with zero attached hydrogens (tertiary/aromatic N) is 3. The molecule has 0 aromatic carbocycles. The van der Waals surface area contributed by atoms with Crippen LogP contribution in [0.25, 0.3) is 0 Å². The molecule has 0 bridgehead atoms. The Labute approximate surface area is 130 Å². The maximum atomic E-state index is 12.9. The summed E-state index contributed by atoms with van der Waals surface area (Å²) in [6, 6.07) is 0.349. The number of alkyl halides is 1. The van der Waals surface area contributed by atoms with Gasteiger partial charge in [0.1, 0.15) is 0 Å². The molecule has 2 fully saturated rings. The zero-order chi connectivity index (χ0) is 15.0. The van der Waals surface area contributed by atoms with Crippen LogP contribution in [0.5, 0.6) is 0 Å². The quantitative estimate of drug-likeness (QED) is 0.847. The van der Waals surface area contributed by atoms with Crippen molar-refractivity contribution in [3.05, 3.63) is 11.3 Å². The molecule has 0 saturated carbocycles. The van der Waals surface area contributed by atoms with Crippen LogP contribution < -0.4 is 0 Å². The largest absolute Gasteiger partial charge is 0.299 e. The summed E-state index contributed by atoms with van der Waals surface area (Å²) < 4.78 is 27.4. The molecule has 3 rings (SSSR count). The number of rotatable bonds is 3. The number of fused-ring (bicyclic) bond motifs is 1. The topological polar surface area (TPSA) is 69.3 Å². The predicted molar refractivity (Wildman–Crippen MR) is 80.9 cm³/mol. The number of hydrogen-bond donors (Lipinski definition) is 1. The van der Waals surface area contributed by atoms with Crippen molar-refractivity contribution >= 4 is 21.6 Å². The van der Waals surface area contributed by atoms with Crippen LogP contribution in [0.15, 0.2) is 5.03 Å². The fourth-order valence-electron chi connectivity index (χ4n) is 3.31. The summed E-state index contributed by atoms with van der Waals surface area (Å²) in [5.74, 6) is 0.153. The Bertz CT molecular complexity index is 616. The van der Waals surface area contributed by atoms with Crippen molar-refractivity contribution in [2.45, 2.75) is 43.1 Å². The fraction of sp³-hybridized carbons (Fsp3) is 0.769. The maximum absolute atomic E-state index is 12.9. The zero-order valence-corrected chi connectivity index (χ0v) is 13.8. The molecule has 2 saturated heterocycles. The van der Waals surface area contributed by atoms with Gasteiger partial charge in [-0.3, -0.25) is 10.00 Å². The number of nitrogens with one attached hydrogen (secondary N) is 1. The molecule has 21 heavy (non-hydrogen) atoms. The normalized spacial score (nSPS) is 25.0. The van der Waals surface area contributed by atoms with Gasteiger partial charge in [0, 0.05) is 30.4 Å². The first-order chi connectivity index (χ1) is 10.0. The highest BCUT2D eigenvalue weighted by Gasteiger charge is 2.36. The van der Waals surface area contributed by atoms with Crippen molar-refractivity contribution in [2.24, 2.45) is 0 Å². The van der Waals surface area contributed by atoms with Gasteiger partial charge >= 0.3 is 0 Å². The van der Waals surface area contributed by atoms with Crippen molar-refractivity contribution in [1.29, 1.82) is 0 Å². The van der Waals surface area contributed by atoms with E-state index in [2.05, 4.69) is 15.1 Å². The number of H-pyrrole nitrogens is 1. The van der Waals surface area contributed by atoms with Crippen LogP contribution in [0.2, 0.25) is 0 Å². The molecule has 0 aliphatic carbocycles. The lowest BCUT2D eigenvalue weighted by molar-refractivity contribution is 0.257. The van der Waals surface area contributed by atoms with Crippen molar-refractivity contribution < 1.29 is 8.42 Å². The van der Waals surface area contributed by atoms with Crippen molar-refractivity contribution in [3.8, 4) is 0 Å². The van der Waals surface area contributed by atoms with Gasteiger partial charge in [0.2, 0.25) is 0 Å². The minimum atomic E-state index is -3.57. The zero-order valence-electron chi connectivity index (χ0n) is 12.2. The van der Waals surface area contributed by atoms with E-state index in [1.807, 2.05) is 0 Å². The molecular formula is C13H21ClN4O2S. The molecule has 6 nitrogen and oxygen atoms in total. The van der Waals surface area contributed by atoms with Crippen LogP contribution in [-0.2, 0) is 15.9 Å². The van der Waals surface area contributed by atoms with Gasteiger partial charge in [-0.1, -0.05) is 0 Å². The Morgan fingerprint density at radius 3 is 2.86 bits per heavy atom. The highest BCUT2D eigenvalue weighted by molar-refractivity contribution is 7.89. The van der Waals surface area contributed by atoms with E-state index < -0.39 is 10.0 Å². The minimum Gasteiger partial charge on any atom is -0.299 e. The SMILES string of the molecule is Cc1[nH]nc(S(=O)(=O)N2CCCN3CCCC3C2)c1CCl. The second-order valence-electron chi connectivity index (χ2n) is 5.81. The minimum absolute atomic E-state index is 0.0986. The summed E-state index contributed by atoms with van der Waals surface area (Å²) >= 11 is 5.89. The van der Waals surface area contributed by atoms with Gasteiger partial charge in [0.15, 0.2) is 5.03 Å². The predicted octanol–water partition coefficient (Wildman–Crippen LogP) is 1.32. The van der Waals surface area contributed by atoms with E-state index in [1.165, 1.54) is 0 Å². The highest BCUT2D eigenvalue weighted by Crippen LogP contribution is 2.27. The van der Waals surface area contributed by atoms with Crippen molar-refractivity contribution in [3.63, 3.8) is 0 Å². The number of aromatic nitrogens is 2. The molecule has 0 spiro atoms. The number of aromatic amines is 1. The van der Waals surface area contributed by atoms with Gasteiger partial charge < -0.3 is 0 Å². The second-order valence-corrected chi connectivity index (χ2v) is 7.94. The lowest BCUT2D eigenvalue weighted by Gasteiger charge is -2.24. The van der Waals surface area contributed by atoms with Crippen LogP contribution in [-0.4, -0.2) is 60.0 Å². The molecule has 1 aromatic heterocycles. The van der Waals surface area contributed by atoms with Crippen molar-refractivity contribution in [1.82, 2.24) is 19.4 Å². The van der Waals surface area contributed by atoms with Gasteiger partial charge in [-0.15, -0.1) is 11.6 Å². The molecule has 118 valence electrons. The van der Waals surface area contributed by atoms with E-state index in [0.717, 1.165) is 38.0 Å². The van der Waals surface area contributed by atoms with E-state index in [-0.39, 0.29) is 10.9 Å². The maximum Gasteiger partial charge on any atom is 0.262 e. The Kier molecular flexibility index (Phi) is 4.27. The molecule has 1 aromatic rings. The van der Waals surface area contributed by atoms with Crippen LogP contribution in [0, 0.1) is 6.92 Å². The summed E-state index contributed by atoms with van der Waals surface area (Å²) in [4.78, 5) is 2.41. The summed E-state index contributed by atoms with van der Waals surface area (Å²) in [5.41, 5.74) is 1.31. The van der Waals surface area contributed by atoms with Crippen LogP contribution in [0.3, 0.4) is 0 Å². The third kappa shape index (κ3) is 2.72. The van der Waals surface area contributed by atoms with Gasteiger partial charge in [-0.25, -0.2) is 8.42 Å². The lowest BCUT2D eigenvalue weighted by atomic mass is 10.2. The Hall–Kier alpha value is -0.630. The Balaban J connectivity index is 1.90. The molecule has 1 atom stereocenters. The second kappa shape index (κ2) is 5.87. The smallest absolute Gasteiger partial charge is 0.262 e. The van der Waals surface area contributed by atoms with Gasteiger partial charge in [0.05, 0.1) is 5.88 Å². The average Bonchev–Trinajstić information content (AvgIpc) is 2.99. The first-order valence-electron chi connectivity index (χ1n) is 7.38. The van der Waals surface area contributed by atoms with Gasteiger partial charge in [0.25, 0.3) is 10.0 Å². The Morgan fingerprint density at radius 2 is 2.10 bits per heavy atom. The highest BCUT2D eigenvalue weighted by atomic mass is 35.5. The van der Waals surface area contributed by atoms with Crippen LogP contribution >= 0.6 is 11.6 Å². The molecule has 2 aliphatic rings. The standard InChI is InChI=1S/C13H21ClN4O2S/c1-10-12(8-14)13(16-15-10)21(19,20)18-7-3-6-17-5-2-4-11(17)9-18/h11H,2-9H2,1H3,(H,15,16). The van der Waals surface area contributed by atoms with Gasteiger partial charge in [-0.05, 0) is 39.3 Å². The molecule has 1 N–H and O–H groups in total. The molecular weight excluding hydrogens is 312 g/mol.